The number of carbonyl (C=O) groups is 1. The molecule has 1 atom stereocenters. The molecule has 0 radical (unpaired) electrons. The molecule has 1 amide bonds. The smallest absolute Gasteiger partial charge is 0.246 e. The maximum absolute atomic E-state index is 13.2. The standard InChI is InChI=1S/C20H28N2O4S/c1-7-20(22(2)3,17-9-8-10-27-17)19(23)21-13-14-11-15(24-4)18(26-6)16(12-14)25-5/h8-12H,7,13H2,1-6H3,(H,21,23). The van der Waals surface area contributed by atoms with Crippen LogP contribution in [0.5, 0.6) is 17.2 Å². The molecule has 1 N–H and O–H groups in total. The third-order valence-electron chi connectivity index (χ3n) is 4.76. The van der Waals surface area contributed by atoms with Crippen molar-refractivity contribution in [1.82, 2.24) is 10.2 Å². The molecule has 0 fully saturated rings. The predicted molar refractivity (Wildman–Crippen MR) is 108 cm³/mol. The zero-order valence-corrected chi connectivity index (χ0v) is 17.6. The molecule has 0 spiro atoms. The van der Waals surface area contributed by atoms with E-state index >= 15 is 0 Å². The van der Waals surface area contributed by atoms with Crippen molar-refractivity contribution < 1.29 is 19.0 Å². The highest BCUT2D eigenvalue weighted by atomic mass is 32.1. The first-order valence-corrected chi connectivity index (χ1v) is 9.61. The summed E-state index contributed by atoms with van der Waals surface area (Å²) in [6.07, 6.45) is 0.668. The molecule has 148 valence electrons. The van der Waals surface area contributed by atoms with Gasteiger partial charge in [-0.25, -0.2) is 0 Å². The first kappa shape index (κ1) is 21.1. The van der Waals surface area contributed by atoms with Crippen molar-refractivity contribution in [3.05, 3.63) is 40.1 Å². The van der Waals surface area contributed by atoms with Gasteiger partial charge >= 0.3 is 0 Å². The molecule has 7 heteroatoms. The van der Waals surface area contributed by atoms with Crippen molar-refractivity contribution in [1.29, 1.82) is 0 Å². The summed E-state index contributed by atoms with van der Waals surface area (Å²) >= 11 is 1.59. The van der Waals surface area contributed by atoms with Crippen LogP contribution in [0.15, 0.2) is 29.6 Å². The third kappa shape index (κ3) is 4.04. The van der Waals surface area contributed by atoms with Gasteiger partial charge in [-0.3, -0.25) is 9.69 Å². The van der Waals surface area contributed by atoms with E-state index in [1.807, 2.05) is 55.6 Å². The molecule has 0 saturated heterocycles. The maximum Gasteiger partial charge on any atom is 0.246 e. The quantitative estimate of drug-likeness (QED) is 0.710. The summed E-state index contributed by atoms with van der Waals surface area (Å²) < 4.78 is 16.1. The van der Waals surface area contributed by atoms with Crippen LogP contribution in [0.3, 0.4) is 0 Å². The fourth-order valence-corrected chi connectivity index (χ4v) is 4.34. The second kappa shape index (κ2) is 9.10. The molecule has 0 bridgehead atoms. The normalized spacial score (nSPS) is 13.1. The van der Waals surface area contributed by atoms with Crippen molar-refractivity contribution in [2.45, 2.75) is 25.4 Å². The fourth-order valence-electron chi connectivity index (χ4n) is 3.27. The molecule has 0 aliphatic rings. The summed E-state index contributed by atoms with van der Waals surface area (Å²) in [5, 5.41) is 5.07. The Hall–Kier alpha value is -2.25. The van der Waals surface area contributed by atoms with Crippen molar-refractivity contribution in [3.8, 4) is 17.2 Å². The number of carbonyl (C=O) groups excluding carboxylic acids is 1. The molecular formula is C20H28N2O4S. The van der Waals surface area contributed by atoms with Gasteiger partial charge in [-0.1, -0.05) is 13.0 Å². The molecular weight excluding hydrogens is 364 g/mol. The molecule has 27 heavy (non-hydrogen) atoms. The lowest BCUT2D eigenvalue weighted by Gasteiger charge is -2.37. The number of hydrogen-bond donors (Lipinski definition) is 1. The van der Waals surface area contributed by atoms with Crippen molar-refractivity contribution >= 4 is 17.2 Å². The van der Waals surface area contributed by atoms with Crippen LogP contribution in [0.1, 0.15) is 23.8 Å². The van der Waals surface area contributed by atoms with Gasteiger partial charge in [-0.2, -0.15) is 0 Å². The Balaban J connectivity index is 2.28. The van der Waals surface area contributed by atoms with E-state index in [-0.39, 0.29) is 5.91 Å². The summed E-state index contributed by atoms with van der Waals surface area (Å²) in [5.41, 5.74) is 0.169. The van der Waals surface area contributed by atoms with E-state index in [1.54, 1.807) is 32.7 Å². The highest BCUT2D eigenvalue weighted by molar-refractivity contribution is 7.10. The topological polar surface area (TPSA) is 60.0 Å². The van der Waals surface area contributed by atoms with E-state index < -0.39 is 5.54 Å². The Labute approximate surface area is 165 Å². The second-order valence-electron chi connectivity index (χ2n) is 6.30. The van der Waals surface area contributed by atoms with Gasteiger partial charge in [0, 0.05) is 11.4 Å². The molecule has 0 aliphatic carbocycles. The minimum absolute atomic E-state index is 0.0359. The molecule has 1 aromatic carbocycles. The lowest BCUT2D eigenvalue weighted by molar-refractivity contribution is -0.133. The Kier molecular flexibility index (Phi) is 7.10. The van der Waals surface area contributed by atoms with E-state index in [0.717, 1.165) is 10.4 Å². The van der Waals surface area contributed by atoms with Gasteiger partial charge in [0.2, 0.25) is 11.7 Å². The van der Waals surface area contributed by atoms with Gasteiger partial charge in [0.1, 0.15) is 5.54 Å². The van der Waals surface area contributed by atoms with Crippen molar-refractivity contribution in [3.63, 3.8) is 0 Å². The van der Waals surface area contributed by atoms with Gasteiger partial charge < -0.3 is 19.5 Å². The van der Waals surface area contributed by atoms with Crippen LogP contribution in [0.2, 0.25) is 0 Å². The predicted octanol–water partition coefficient (Wildman–Crippen LogP) is 3.26. The summed E-state index contributed by atoms with van der Waals surface area (Å²) in [6.45, 7) is 2.38. The van der Waals surface area contributed by atoms with Crippen molar-refractivity contribution in [2.75, 3.05) is 35.4 Å². The Morgan fingerprint density at radius 1 is 1.15 bits per heavy atom. The Morgan fingerprint density at radius 3 is 2.19 bits per heavy atom. The number of ether oxygens (including phenoxy) is 3. The van der Waals surface area contributed by atoms with Gasteiger partial charge in [0.05, 0.1) is 21.3 Å². The number of amides is 1. The Morgan fingerprint density at radius 2 is 1.78 bits per heavy atom. The molecule has 0 aliphatic heterocycles. The van der Waals surface area contributed by atoms with E-state index in [9.17, 15) is 4.79 Å². The molecule has 1 unspecified atom stereocenters. The SMILES string of the molecule is CCC(C(=O)NCc1cc(OC)c(OC)c(OC)c1)(c1cccs1)N(C)C. The average molecular weight is 393 g/mol. The van der Waals surface area contributed by atoms with Gasteiger partial charge in [-0.15, -0.1) is 11.3 Å². The molecule has 2 rings (SSSR count). The zero-order valence-electron chi connectivity index (χ0n) is 16.8. The minimum Gasteiger partial charge on any atom is -0.493 e. The monoisotopic (exact) mass is 392 g/mol. The number of nitrogens with one attached hydrogen (secondary N) is 1. The van der Waals surface area contributed by atoms with E-state index in [0.29, 0.717) is 30.2 Å². The van der Waals surface area contributed by atoms with E-state index in [4.69, 9.17) is 14.2 Å². The molecule has 6 nitrogen and oxygen atoms in total. The molecule has 1 heterocycles. The average Bonchev–Trinajstić information content (AvgIpc) is 3.21. The van der Waals surface area contributed by atoms with Crippen LogP contribution in [-0.4, -0.2) is 46.2 Å². The highest BCUT2D eigenvalue weighted by Crippen LogP contribution is 2.38. The van der Waals surface area contributed by atoms with Gasteiger partial charge in [0.25, 0.3) is 0 Å². The fraction of sp³-hybridized carbons (Fsp3) is 0.450. The molecule has 1 aromatic heterocycles. The molecule has 2 aromatic rings. The number of hydrogen-bond acceptors (Lipinski definition) is 6. The van der Waals surface area contributed by atoms with Crippen LogP contribution < -0.4 is 19.5 Å². The van der Waals surface area contributed by atoms with Crippen LogP contribution in [-0.2, 0) is 16.9 Å². The van der Waals surface area contributed by atoms with E-state index in [2.05, 4.69) is 5.32 Å². The first-order valence-electron chi connectivity index (χ1n) is 8.73. The second-order valence-corrected chi connectivity index (χ2v) is 7.25. The zero-order chi connectivity index (χ0) is 20.0. The van der Waals surface area contributed by atoms with E-state index in [1.165, 1.54) is 0 Å². The number of likely N-dealkylation sites (N-methyl/N-ethyl adjacent to an activating group) is 1. The van der Waals surface area contributed by atoms with Crippen LogP contribution in [0.25, 0.3) is 0 Å². The van der Waals surface area contributed by atoms with Crippen LogP contribution in [0, 0.1) is 0 Å². The number of thiophene rings is 1. The van der Waals surface area contributed by atoms with Gasteiger partial charge in [-0.05, 0) is 49.7 Å². The van der Waals surface area contributed by atoms with Crippen molar-refractivity contribution in [2.24, 2.45) is 0 Å². The van der Waals surface area contributed by atoms with Gasteiger partial charge in [0.15, 0.2) is 11.5 Å². The number of nitrogens with zero attached hydrogens (tertiary/aromatic N) is 1. The molecule has 0 saturated carbocycles. The van der Waals surface area contributed by atoms with Crippen LogP contribution in [0.4, 0.5) is 0 Å². The number of benzene rings is 1. The summed E-state index contributed by atoms with van der Waals surface area (Å²) in [5.74, 6) is 1.62. The summed E-state index contributed by atoms with van der Waals surface area (Å²) in [7, 11) is 8.58. The highest BCUT2D eigenvalue weighted by Gasteiger charge is 2.41. The summed E-state index contributed by atoms with van der Waals surface area (Å²) in [6, 6.07) is 7.67. The third-order valence-corrected chi connectivity index (χ3v) is 5.78. The maximum atomic E-state index is 13.2. The minimum atomic E-state index is -0.700. The largest absolute Gasteiger partial charge is 0.493 e. The number of methoxy groups -OCH3 is 3. The Bertz CT molecular complexity index is 736. The first-order chi connectivity index (χ1) is 12.9. The summed E-state index contributed by atoms with van der Waals surface area (Å²) in [4.78, 5) is 16.2. The number of rotatable bonds is 9. The lowest BCUT2D eigenvalue weighted by atomic mass is 9.91. The van der Waals surface area contributed by atoms with Crippen LogP contribution >= 0.6 is 11.3 Å². The lowest BCUT2D eigenvalue weighted by Crippen LogP contribution is -2.52.